The van der Waals surface area contributed by atoms with Crippen LogP contribution in [0.3, 0.4) is 0 Å². The molecule has 0 saturated carbocycles. The van der Waals surface area contributed by atoms with E-state index in [1.165, 1.54) is 17.2 Å². The smallest absolute Gasteiger partial charge is 0.253 e. The lowest BCUT2D eigenvalue weighted by atomic mass is 10.2. The second kappa shape index (κ2) is 5.39. The van der Waals surface area contributed by atoms with Crippen molar-refractivity contribution in [2.45, 2.75) is 26.3 Å². The highest BCUT2D eigenvalue weighted by Crippen LogP contribution is 2.04. The molecule has 0 spiro atoms. The van der Waals surface area contributed by atoms with Crippen LogP contribution < -0.4 is 5.32 Å². The third-order valence-electron chi connectivity index (χ3n) is 2.65. The highest BCUT2D eigenvalue weighted by Gasteiger charge is 2.09. The number of pyridine rings is 1. The second-order valence-corrected chi connectivity index (χ2v) is 4.03. The van der Waals surface area contributed by atoms with Gasteiger partial charge in [-0.25, -0.2) is 14.6 Å². The molecular weight excluding hydrogens is 230 g/mol. The molecular formula is C12H15N5O. The van der Waals surface area contributed by atoms with Crippen LogP contribution >= 0.6 is 0 Å². The Bertz CT molecular complexity index is 506. The third-order valence-corrected chi connectivity index (χ3v) is 2.65. The Balaban J connectivity index is 2.10. The van der Waals surface area contributed by atoms with E-state index in [1.807, 2.05) is 13.8 Å². The van der Waals surface area contributed by atoms with E-state index in [9.17, 15) is 4.79 Å². The molecule has 2 heterocycles. The van der Waals surface area contributed by atoms with Gasteiger partial charge in [0.25, 0.3) is 5.91 Å². The summed E-state index contributed by atoms with van der Waals surface area (Å²) in [6.45, 7) is 3.99. The van der Waals surface area contributed by atoms with Crippen molar-refractivity contribution in [3.8, 4) is 5.82 Å². The summed E-state index contributed by atoms with van der Waals surface area (Å²) in [5, 5.41) is 6.85. The molecule has 6 heteroatoms. The van der Waals surface area contributed by atoms with E-state index >= 15 is 0 Å². The van der Waals surface area contributed by atoms with Gasteiger partial charge in [0.05, 0.1) is 5.56 Å². The van der Waals surface area contributed by atoms with Gasteiger partial charge in [-0.05, 0) is 25.5 Å². The Morgan fingerprint density at radius 3 is 2.89 bits per heavy atom. The van der Waals surface area contributed by atoms with Gasteiger partial charge in [-0.2, -0.15) is 5.10 Å². The first-order chi connectivity index (χ1) is 8.70. The summed E-state index contributed by atoms with van der Waals surface area (Å²) in [6.07, 6.45) is 5.43. The van der Waals surface area contributed by atoms with Crippen LogP contribution in [0.4, 0.5) is 0 Å². The van der Waals surface area contributed by atoms with Gasteiger partial charge in [0.15, 0.2) is 5.82 Å². The number of carbonyl (C=O) groups excluding carboxylic acids is 1. The molecule has 0 saturated heterocycles. The molecule has 2 rings (SSSR count). The Hall–Kier alpha value is -2.24. The first kappa shape index (κ1) is 12.2. The van der Waals surface area contributed by atoms with Crippen LogP contribution in [-0.2, 0) is 0 Å². The summed E-state index contributed by atoms with van der Waals surface area (Å²) in [6, 6.07) is 3.62. The Morgan fingerprint density at radius 1 is 1.50 bits per heavy atom. The van der Waals surface area contributed by atoms with E-state index < -0.39 is 0 Å². The molecule has 2 aromatic heterocycles. The van der Waals surface area contributed by atoms with Crippen molar-refractivity contribution in [1.82, 2.24) is 25.1 Å². The lowest BCUT2D eigenvalue weighted by Gasteiger charge is -2.11. The number of hydrogen-bond acceptors (Lipinski definition) is 4. The highest BCUT2D eigenvalue weighted by atomic mass is 16.1. The first-order valence-corrected chi connectivity index (χ1v) is 5.82. The van der Waals surface area contributed by atoms with Gasteiger partial charge < -0.3 is 5.32 Å². The van der Waals surface area contributed by atoms with Gasteiger partial charge in [-0.1, -0.05) is 6.92 Å². The lowest BCUT2D eigenvalue weighted by Crippen LogP contribution is -2.31. The lowest BCUT2D eigenvalue weighted by molar-refractivity contribution is 0.0939. The Kier molecular flexibility index (Phi) is 3.66. The molecule has 0 bridgehead atoms. The van der Waals surface area contributed by atoms with Crippen LogP contribution in [0, 0.1) is 0 Å². The molecule has 0 aliphatic heterocycles. The Morgan fingerprint density at radius 2 is 2.33 bits per heavy atom. The maximum atomic E-state index is 11.8. The molecule has 0 aromatic carbocycles. The van der Waals surface area contributed by atoms with E-state index in [2.05, 4.69) is 20.4 Å². The average molecular weight is 245 g/mol. The summed E-state index contributed by atoms with van der Waals surface area (Å²) in [4.78, 5) is 19.8. The monoisotopic (exact) mass is 245 g/mol. The fourth-order valence-electron chi connectivity index (χ4n) is 1.39. The number of nitrogens with one attached hydrogen (secondary N) is 1. The molecule has 1 atom stereocenters. The first-order valence-electron chi connectivity index (χ1n) is 5.82. The van der Waals surface area contributed by atoms with Gasteiger partial charge in [-0.15, -0.1) is 0 Å². The second-order valence-electron chi connectivity index (χ2n) is 4.03. The summed E-state index contributed by atoms with van der Waals surface area (Å²) in [7, 11) is 0. The molecule has 1 N–H and O–H groups in total. The van der Waals surface area contributed by atoms with Crippen molar-refractivity contribution in [2.75, 3.05) is 0 Å². The largest absolute Gasteiger partial charge is 0.350 e. The summed E-state index contributed by atoms with van der Waals surface area (Å²) < 4.78 is 1.54. The topological polar surface area (TPSA) is 72.7 Å². The van der Waals surface area contributed by atoms with Crippen LogP contribution in [0.2, 0.25) is 0 Å². The zero-order valence-corrected chi connectivity index (χ0v) is 10.4. The normalized spacial score (nSPS) is 12.1. The number of rotatable bonds is 4. The van der Waals surface area contributed by atoms with Gasteiger partial charge >= 0.3 is 0 Å². The van der Waals surface area contributed by atoms with E-state index in [0.29, 0.717) is 11.4 Å². The van der Waals surface area contributed by atoms with E-state index in [-0.39, 0.29) is 11.9 Å². The number of carbonyl (C=O) groups is 1. The predicted octanol–water partition coefficient (Wildman–Crippen LogP) is 1.19. The highest BCUT2D eigenvalue weighted by molar-refractivity contribution is 5.94. The number of aromatic nitrogens is 4. The molecule has 2 aromatic rings. The van der Waals surface area contributed by atoms with Gasteiger partial charge in [0, 0.05) is 12.2 Å². The maximum Gasteiger partial charge on any atom is 0.253 e. The van der Waals surface area contributed by atoms with Crippen LogP contribution in [0.15, 0.2) is 31.0 Å². The maximum absolute atomic E-state index is 11.8. The fourth-order valence-corrected chi connectivity index (χ4v) is 1.39. The van der Waals surface area contributed by atoms with Crippen molar-refractivity contribution in [1.29, 1.82) is 0 Å². The van der Waals surface area contributed by atoms with Crippen LogP contribution in [-0.4, -0.2) is 31.7 Å². The molecule has 1 amide bonds. The van der Waals surface area contributed by atoms with Gasteiger partial charge in [0.1, 0.15) is 12.7 Å². The molecule has 94 valence electrons. The predicted molar refractivity (Wildman–Crippen MR) is 66.4 cm³/mol. The van der Waals surface area contributed by atoms with Crippen molar-refractivity contribution < 1.29 is 4.79 Å². The van der Waals surface area contributed by atoms with E-state index in [1.54, 1.807) is 18.5 Å². The zero-order chi connectivity index (χ0) is 13.0. The molecule has 1 unspecified atom stereocenters. The SMILES string of the molecule is CCC(C)NC(=O)c1ccc(-n2cncn2)nc1. The van der Waals surface area contributed by atoms with E-state index in [4.69, 9.17) is 0 Å². The van der Waals surface area contributed by atoms with Crippen molar-refractivity contribution in [3.05, 3.63) is 36.5 Å². The third kappa shape index (κ3) is 2.71. The summed E-state index contributed by atoms with van der Waals surface area (Å²) in [5.74, 6) is 0.523. The molecule has 0 fully saturated rings. The molecule has 18 heavy (non-hydrogen) atoms. The summed E-state index contributed by atoms with van der Waals surface area (Å²) in [5.41, 5.74) is 0.541. The van der Waals surface area contributed by atoms with E-state index in [0.717, 1.165) is 6.42 Å². The molecule has 0 aliphatic carbocycles. The fraction of sp³-hybridized carbons (Fsp3) is 0.333. The molecule has 0 radical (unpaired) electrons. The van der Waals surface area contributed by atoms with Gasteiger partial charge in [0.2, 0.25) is 0 Å². The van der Waals surface area contributed by atoms with Crippen LogP contribution in [0.1, 0.15) is 30.6 Å². The number of hydrogen-bond donors (Lipinski definition) is 1. The Labute approximate surface area is 105 Å². The minimum Gasteiger partial charge on any atom is -0.350 e. The molecule has 6 nitrogen and oxygen atoms in total. The quantitative estimate of drug-likeness (QED) is 0.878. The van der Waals surface area contributed by atoms with Crippen molar-refractivity contribution >= 4 is 5.91 Å². The minimum atomic E-state index is -0.109. The summed E-state index contributed by atoms with van der Waals surface area (Å²) >= 11 is 0. The average Bonchev–Trinajstić information content (AvgIpc) is 2.92. The van der Waals surface area contributed by atoms with Crippen molar-refractivity contribution in [2.24, 2.45) is 0 Å². The van der Waals surface area contributed by atoms with Crippen molar-refractivity contribution in [3.63, 3.8) is 0 Å². The standard InChI is InChI=1S/C12H15N5O/c1-3-9(2)16-12(18)10-4-5-11(14-6-10)17-8-13-7-15-17/h4-9H,3H2,1-2H3,(H,16,18). The number of amides is 1. The number of nitrogens with zero attached hydrogens (tertiary/aromatic N) is 4. The zero-order valence-electron chi connectivity index (χ0n) is 10.4. The molecule has 0 aliphatic rings. The van der Waals surface area contributed by atoms with Crippen LogP contribution in [0.5, 0.6) is 0 Å². The van der Waals surface area contributed by atoms with Crippen LogP contribution in [0.25, 0.3) is 5.82 Å². The van der Waals surface area contributed by atoms with Gasteiger partial charge in [-0.3, -0.25) is 4.79 Å². The minimum absolute atomic E-state index is 0.109.